The van der Waals surface area contributed by atoms with Crippen LogP contribution in [-0.4, -0.2) is 78.2 Å². The number of benzene rings is 2. The minimum Gasteiger partial charge on any atom is -0.508 e. The van der Waals surface area contributed by atoms with Gasteiger partial charge in [0.2, 0.25) is 11.2 Å². The molecule has 1 aliphatic heterocycles. The second kappa shape index (κ2) is 8.42. The van der Waals surface area contributed by atoms with Crippen LogP contribution >= 0.6 is 0 Å². The van der Waals surface area contributed by atoms with Gasteiger partial charge in [-0.05, 0) is 18.2 Å². The standard InChI is InChI=1S/C21H20O12/c22-6-13-15(27)17(29)20(21(30)32-13)33-19-16(28)14-11(26)4-8(23)5-12(14)31-18(19)7-1-2-9(24)10(25)3-7/h1-5,13,15,17,20-27,29-30H,6H2/t13-,15+,17+,20+,21-/m0/s1. The number of phenols is 4. The molecule has 33 heavy (non-hydrogen) atoms. The summed E-state index contributed by atoms with van der Waals surface area (Å²) < 4.78 is 16.2. The number of rotatable bonds is 4. The lowest BCUT2D eigenvalue weighted by Gasteiger charge is -2.39. The molecule has 0 saturated carbocycles. The highest BCUT2D eigenvalue weighted by Crippen LogP contribution is 2.39. The van der Waals surface area contributed by atoms with Crippen molar-refractivity contribution in [1.29, 1.82) is 0 Å². The Morgan fingerprint density at radius 1 is 0.909 bits per heavy atom. The lowest BCUT2D eigenvalue weighted by atomic mass is 9.99. The van der Waals surface area contributed by atoms with Crippen LogP contribution < -0.4 is 10.2 Å². The van der Waals surface area contributed by atoms with Crippen molar-refractivity contribution in [3.8, 4) is 40.1 Å². The zero-order valence-corrected chi connectivity index (χ0v) is 16.7. The zero-order valence-electron chi connectivity index (χ0n) is 16.7. The Hall–Kier alpha value is -3.55. The Balaban J connectivity index is 1.91. The fourth-order valence-corrected chi connectivity index (χ4v) is 3.57. The molecule has 0 spiro atoms. The number of fused-ring (bicyclic) bond motifs is 1. The van der Waals surface area contributed by atoms with Crippen molar-refractivity contribution in [3.63, 3.8) is 0 Å². The monoisotopic (exact) mass is 464 g/mol. The van der Waals surface area contributed by atoms with Gasteiger partial charge in [-0.25, -0.2) is 0 Å². The fourth-order valence-electron chi connectivity index (χ4n) is 3.57. The minimum absolute atomic E-state index is 0.0108. The van der Waals surface area contributed by atoms with Crippen LogP contribution in [0.3, 0.4) is 0 Å². The summed E-state index contributed by atoms with van der Waals surface area (Å²) in [5.41, 5.74) is -1.22. The number of ether oxygens (including phenoxy) is 2. The van der Waals surface area contributed by atoms with E-state index in [2.05, 4.69) is 0 Å². The third kappa shape index (κ3) is 3.90. The SMILES string of the molecule is O=c1c(O[C@@H]2[C@H](O)[C@H](O)[C@H](CO)O[C@@H]2O)c(-c2ccc(O)c(O)c2)oc2cc(O)cc(O)c12. The molecule has 0 amide bonds. The van der Waals surface area contributed by atoms with Crippen LogP contribution in [-0.2, 0) is 4.74 Å². The number of aromatic hydroxyl groups is 4. The van der Waals surface area contributed by atoms with Gasteiger partial charge < -0.3 is 54.7 Å². The van der Waals surface area contributed by atoms with E-state index in [0.717, 1.165) is 24.3 Å². The first-order valence-electron chi connectivity index (χ1n) is 9.64. The molecule has 0 aliphatic carbocycles. The van der Waals surface area contributed by atoms with Crippen molar-refractivity contribution in [2.24, 2.45) is 0 Å². The Morgan fingerprint density at radius 2 is 1.64 bits per heavy atom. The predicted octanol–water partition coefficient (Wildman–Crippen LogP) is -0.539. The molecule has 2 heterocycles. The lowest BCUT2D eigenvalue weighted by Crippen LogP contribution is -2.60. The molecule has 1 aliphatic rings. The van der Waals surface area contributed by atoms with Gasteiger partial charge in [0.05, 0.1) is 6.61 Å². The molecular weight excluding hydrogens is 444 g/mol. The van der Waals surface area contributed by atoms with E-state index in [1.54, 1.807) is 0 Å². The number of hydrogen-bond donors (Lipinski definition) is 8. The fraction of sp³-hybridized carbons (Fsp3) is 0.286. The summed E-state index contributed by atoms with van der Waals surface area (Å²) in [5.74, 6) is -3.10. The van der Waals surface area contributed by atoms with E-state index in [9.17, 15) is 45.6 Å². The molecule has 1 fully saturated rings. The molecular formula is C21H20O12. The predicted molar refractivity (Wildman–Crippen MR) is 109 cm³/mol. The topological polar surface area (TPSA) is 211 Å². The first kappa shape index (κ1) is 22.6. The lowest BCUT2D eigenvalue weighted by molar-refractivity contribution is -0.280. The molecule has 176 valence electrons. The van der Waals surface area contributed by atoms with Crippen molar-refractivity contribution in [3.05, 3.63) is 40.6 Å². The summed E-state index contributed by atoms with van der Waals surface area (Å²) in [5, 5.41) is 79.0. The van der Waals surface area contributed by atoms with Gasteiger partial charge in [0, 0.05) is 17.7 Å². The second-order valence-electron chi connectivity index (χ2n) is 7.44. The van der Waals surface area contributed by atoms with E-state index in [1.807, 2.05) is 0 Å². The van der Waals surface area contributed by atoms with Gasteiger partial charge in [0.1, 0.15) is 40.8 Å². The van der Waals surface area contributed by atoms with Gasteiger partial charge in [0.15, 0.2) is 29.7 Å². The number of aliphatic hydroxyl groups excluding tert-OH is 4. The van der Waals surface area contributed by atoms with Crippen LogP contribution in [0.2, 0.25) is 0 Å². The first-order valence-corrected chi connectivity index (χ1v) is 9.64. The summed E-state index contributed by atoms with van der Waals surface area (Å²) in [4.78, 5) is 13.3. The van der Waals surface area contributed by atoms with Crippen LogP contribution in [0.1, 0.15) is 0 Å². The zero-order chi connectivity index (χ0) is 24.0. The highest BCUT2D eigenvalue weighted by Gasteiger charge is 2.46. The van der Waals surface area contributed by atoms with E-state index in [-0.39, 0.29) is 16.9 Å². The Labute approximate surface area is 184 Å². The van der Waals surface area contributed by atoms with Gasteiger partial charge in [-0.15, -0.1) is 0 Å². The highest BCUT2D eigenvalue weighted by atomic mass is 16.7. The third-order valence-electron chi connectivity index (χ3n) is 5.25. The highest BCUT2D eigenvalue weighted by molar-refractivity contribution is 5.88. The Kier molecular flexibility index (Phi) is 5.78. The van der Waals surface area contributed by atoms with Crippen LogP contribution in [0.4, 0.5) is 0 Å². The maximum atomic E-state index is 13.3. The van der Waals surface area contributed by atoms with Gasteiger partial charge >= 0.3 is 0 Å². The minimum atomic E-state index is -1.88. The number of phenolic OH excluding ortho intramolecular Hbond substituents is 4. The maximum absolute atomic E-state index is 13.3. The molecule has 2 aromatic carbocycles. The van der Waals surface area contributed by atoms with Crippen LogP contribution in [0.15, 0.2) is 39.5 Å². The van der Waals surface area contributed by atoms with Crippen molar-refractivity contribution in [2.75, 3.05) is 6.61 Å². The average molecular weight is 464 g/mol. The molecule has 12 heteroatoms. The van der Waals surface area contributed by atoms with Crippen LogP contribution in [0.25, 0.3) is 22.3 Å². The summed E-state index contributed by atoms with van der Waals surface area (Å²) >= 11 is 0. The molecule has 8 N–H and O–H groups in total. The maximum Gasteiger partial charge on any atom is 0.239 e. The summed E-state index contributed by atoms with van der Waals surface area (Å²) in [6.07, 6.45) is -8.42. The third-order valence-corrected chi connectivity index (χ3v) is 5.25. The van der Waals surface area contributed by atoms with E-state index in [4.69, 9.17) is 13.9 Å². The molecule has 1 saturated heterocycles. The van der Waals surface area contributed by atoms with E-state index in [1.165, 1.54) is 6.07 Å². The van der Waals surface area contributed by atoms with E-state index >= 15 is 0 Å². The van der Waals surface area contributed by atoms with Gasteiger partial charge in [-0.3, -0.25) is 4.79 Å². The van der Waals surface area contributed by atoms with Crippen molar-refractivity contribution in [1.82, 2.24) is 0 Å². The van der Waals surface area contributed by atoms with Gasteiger partial charge in [-0.1, -0.05) is 0 Å². The van der Waals surface area contributed by atoms with E-state index < -0.39 is 76.9 Å². The van der Waals surface area contributed by atoms with Crippen molar-refractivity contribution < 1.29 is 54.7 Å². The Bertz CT molecular complexity index is 1250. The van der Waals surface area contributed by atoms with Gasteiger partial charge in [0.25, 0.3) is 0 Å². The molecule has 0 bridgehead atoms. The first-order chi connectivity index (χ1) is 15.6. The smallest absolute Gasteiger partial charge is 0.239 e. The molecule has 4 rings (SSSR count). The summed E-state index contributed by atoms with van der Waals surface area (Å²) in [6, 6.07) is 5.33. The number of hydrogen-bond acceptors (Lipinski definition) is 12. The molecule has 12 nitrogen and oxygen atoms in total. The summed E-state index contributed by atoms with van der Waals surface area (Å²) in [7, 11) is 0. The van der Waals surface area contributed by atoms with Crippen LogP contribution in [0.5, 0.6) is 28.7 Å². The molecule has 3 aromatic rings. The molecule has 0 unspecified atom stereocenters. The van der Waals surface area contributed by atoms with Crippen molar-refractivity contribution >= 4 is 11.0 Å². The quantitative estimate of drug-likeness (QED) is 0.229. The molecule has 1 aromatic heterocycles. The average Bonchev–Trinajstić information content (AvgIpc) is 2.76. The molecule has 0 radical (unpaired) electrons. The van der Waals surface area contributed by atoms with Gasteiger partial charge in [-0.2, -0.15) is 0 Å². The Morgan fingerprint density at radius 3 is 2.30 bits per heavy atom. The summed E-state index contributed by atoms with van der Waals surface area (Å²) in [6.45, 7) is -0.713. The van der Waals surface area contributed by atoms with Crippen LogP contribution in [0, 0.1) is 0 Å². The molecule has 5 atom stereocenters. The van der Waals surface area contributed by atoms with Crippen molar-refractivity contribution in [2.45, 2.75) is 30.7 Å². The number of aliphatic hydroxyl groups is 4. The second-order valence-corrected chi connectivity index (χ2v) is 7.44. The van der Waals surface area contributed by atoms with E-state index in [0.29, 0.717) is 0 Å². The largest absolute Gasteiger partial charge is 0.508 e. The normalized spacial score (nSPS) is 25.3.